The number of hydrogen-bond acceptors (Lipinski definition) is 5. The number of thiazole rings is 1. The second-order valence-electron chi connectivity index (χ2n) is 5.86. The Morgan fingerprint density at radius 3 is 2.48 bits per heavy atom. The molecule has 1 N–H and O–H groups in total. The van der Waals surface area contributed by atoms with E-state index in [1.165, 1.54) is 41.7 Å². The lowest BCUT2D eigenvalue weighted by Crippen LogP contribution is -2.21. The number of rotatable bonds is 5. The summed E-state index contributed by atoms with van der Waals surface area (Å²) in [7, 11) is -3.39. The number of alkyl halides is 3. The lowest BCUT2D eigenvalue weighted by Gasteiger charge is -2.21. The maximum Gasteiger partial charge on any atom is 0.416 e. The molecule has 29 heavy (non-hydrogen) atoms. The third-order valence-electron chi connectivity index (χ3n) is 3.80. The van der Waals surface area contributed by atoms with Gasteiger partial charge in [-0.3, -0.25) is 10.1 Å². The van der Waals surface area contributed by atoms with Gasteiger partial charge in [0, 0.05) is 5.38 Å². The van der Waals surface area contributed by atoms with Crippen LogP contribution in [0.1, 0.15) is 21.6 Å². The number of aryl methyl sites for hydroxylation is 1. The van der Waals surface area contributed by atoms with Crippen LogP contribution >= 0.6 is 11.3 Å². The van der Waals surface area contributed by atoms with Crippen molar-refractivity contribution in [3.63, 3.8) is 0 Å². The highest BCUT2D eigenvalue weighted by molar-refractivity contribution is 7.74. The molecule has 1 amide bonds. The van der Waals surface area contributed by atoms with E-state index in [4.69, 9.17) is 0 Å². The Morgan fingerprint density at radius 2 is 1.86 bits per heavy atom. The van der Waals surface area contributed by atoms with Crippen LogP contribution in [-0.4, -0.2) is 19.3 Å². The van der Waals surface area contributed by atoms with Crippen molar-refractivity contribution in [2.75, 3.05) is 9.62 Å². The molecule has 11 heteroatoms. The molecule has 0 bridgehead atoms. The Kier molecular flexibility index (Phi) is 5.89. The van der Waals surface area contributed by atoms with Crippen molar-refractivity contribution in [1.29, 1.82) is 0 Å². The van der Waals surface area contributed by atoms with Gasteiger partial charge in [0.05, 0.1) is 28.2 Å². The fraction of sp³-hybridized carbons (Fsp3) is 0.111. The fourth-order valence-corrected chi connectivity index (χ4v) is 3.91. The first-order valence-corrected chi connectivity index (χ1v) is 10.1. The molecule has 0 saturated carbocycles. The summed E-state index contributed by atoms with van der Waals surface area (Å²) in [6.07, 6.45) is -4.64. The molecule has 6 nitrogen and oxygen atoms in total. The molecule has 0 spiro atoms. The number of amides is 1. The molecule has 0 saturated heterocycles. The number of benzene rings is 2. The SMILES string of the molecule is Cc1csc(NC(=O)c2ccccc2N(c2cccc(C(F)(F)F)c2)[SH](=O)=O)n1. The summed E-state index contributed by atoms with van der Waals surface area (Å²) < 4.78 is 63.7. The Hall–Kier alpha value is -2.92. The normalized spacial score (nSPS) is 11.5. The van der Waals surface area contributed by atoms with Crippen molar-refractivity contribution in [2.24, 2.45) is 0 Å². The van der Waals surface area contributed by atoms with Crippen LogP contribution in [0.15, 0.2) is 53.9 Å². The molecule has 0 atom stereocenters. The van der Waals surface area contributed by atoms with Crippen LogP contribution in [0.4, 0.5) is 29.7 Å². The third-order valence-corrected chi connectivity index (χ3v) is 5.45. The molecule has 0 aliphatic rings. The minimum atomic E-state index is -4.64. The van der Waals surface area contributed by atoms with Gasteiger partial charge in [-0.05, 0) is 37.3 Å². The molecule has 1 aromatic heterocycles. The molecule has 0 aliphatic heterocycles. The van der Waals surface area contributed by atoms with E-state index in [0.717, 1.165) is 12.1 Å². The second-order valence-corrected chi connectivity index (χ2v) is 7.60. The van der Waals surface area contributed by atoms with Crippen molar-refractivity contribution in [3.8, 4) is 0 Å². The number of aromatic nitrogens is 1. The molecule has 0 aliphatic carbocycles. The Bertz CT molecular complexity index is 1120. The molecular formula is C18H14F3N3O3S2. The molecular weight excluding hydrogens is 427 g/mol. The first kappa shape index (κ1) is 20.8. The van der Waals surface area contributed by atoms with Crippen molar-refractivity contribution in [3.05, 3.63) is 70.7 Å². The number of para-hydroxylation sites is 1. The minimum absolute atomic E-state index is 0.0306. The highest BCUT2D eigenvalue weighted by Gasteiger charge is 2.31. The molecule has 3 aromatic rings. The smallest absolute Gasteiger partial charge is 0.298 e. The van der Waals surface area contributed by atoms with E-state index in [1.54, 1.807) is 12.3 Å². The van der Waals surface area contributed by atoms with E-state index in [-0.39, 0.29) is 16.9 Å². The summed E-state index contributed by atoms with van der Waals surface area (Å²) in [6.45, 7) is 1.75. The minimum Gasteiger partial charge on any atom is -0.298 e. The average Bonchev–Trinajstić information content (AvgIpc) is 3.06. The molecule has 0 fully saturated rings. The third kappa shape index (κ3) is 4.74. The van der Waals surface area contributed by atoms with Gasteiger partial charge < -0.3 is 0 Å². The van der Waals surface area contributed by atoms with Gasteiger partial charge in [-0.2, -0.15) is 13.2 Å². The van der Waals surface area contributed by atoms with Crippen molar-refractivity contribution < 1.29 is 26.4 Å². The van der Waals surface area contributed by atoms with Gasteiger partial charge in [-0.1, -0.05) is 18.2 Å². The van der Waals surface area contributed by atoms with E-state index in [2.05, 4.69) is 10.3 Å². The maximum atomic E-state index is 13.0. The van der Waals surface area contributed by atoms with E-state index in [0.29, 0.717) is 21.2 Å². The monoisotopic (exact) mass is 441 g/mol. The molecule has 0 unspecified atom stereocenters. The zero-order valence-electron chi connectivity index (χ0n) is 14.8. The number of thiol groups is 1. The molecule has 152 valence electrons. The Morgan fingerprint density at radius 1 is 1.14 bits per heavy atom. The van der Waals surface area contributed by atoms with Gasteiger partial charge in [-0.25, -0.2) is 17.7 Å². The fourth-order valence-electron chi connectivity index (χ4n) is 2.56. The van der Waals surface area contributed by atoms with Crippen molar-refractivity contribution in [2.45, 2.75) is 13.1 Å². The van der Waals surface area contributed by atoms with Gasteiger partial charge in [0.2, 0.25) is 10.9 Å². The Balaban J connectivity index is 2.04. The first-order chi connectivity index (χ1) is 13.7. The standard InChI is InChI=1S/C18H14F3N3O3S2/c1-11-10-28-17(22-11)23-16(25)14-7-2-3-8-15(14)24(29(26)27)13-6-4-5-12(9-13)18(19,20)21/h2-10,29H,1H3,(H,22,23,25). The van der Waals surface area contributed by atoms with Gasteiger partial charge in [0.25, 0.3) is 5.91 Å². The van der Waals surface area contributed by atoms with Crippen LogP contribution in [0, 0.1) is 6.92 Å². The average molecular weight is 441 g/mol. The lowest BCUT2D eigenvalue weighted by atomic mass is 10.1. The van der Waals surface area contributed by atoms with Crippen LogP contribution in [-0.2, 0) is 17.1 Å². The zero-order valence-corrected chi connectivity index (χ0v) is 16.5. The number of carbonyl (C=O) groups excluding carboxylic acids is 1. The van der Waals surface area contributed by atoms with E-state index in [1.807, 2.05) is 0 Å². The summed E-state index contributed by atoms with van der Waals surface area (Å²) >= 11 is 1.19. The summed E-state index contributed by atoms with van der Waals surface area (Å²) in [4.78, 5) is 16.8. The zero-order chi connectivity index (χ0) is 21.2. The summed E-state index contributed by atoms with van der Waals surface area (Å²) in [5.41, 5.74) is -0.643. The highest BCUT2D eigenvalue weighted by Crippen LogP contribution is 2.35. The predicted octanol–water partition coefficient (Wildman–Crippen LogP) is 4.39. The summed E-state index contributed by atoms with van der Waals surface area (Å²) in [6, 6.07) is 9.60. The van der Waals surface area contributed by atoms with E-state index in [9.17, 15) is 26.4 Å². The van der Waals surface area contributed by atoms with Crippen molar-refractivity contribution >= 4 is 44.6 Å². The quantitative estimate of drug-likeness (QED) is 0.576. The van der Waals surface area contributed by atoms with Gasteiger partial charge in [0.15, 0.2) is 5.13 Å². The van der Waals surface area contributed by atoms with Crippen LogP contribution < -0.4 is 9.62 Å². The summed E-state index contributed by atoms with van der Waals surface area (Å²) in [5, 5.41) is 4.61. The lowest BCUT2D eigenvalue weighted by molar-refractivity contribution is -0.137. The number of hydrogen-bond donors (Lipinski definition) is 2. The number of halogens is 3. The molecule has 1 heterocycles. The van der Waals surface area contributed by atoms with Crippen LogP contribution in [0.25, 0.3) is 0 Å². The number of carbonyl (C=O) groups is 1. The van der Waals surface area contributed by atoms with Crippen LogP contribution in [0.2, 0.25) is 0 Å². The predicted molar refractivity (Wildman–Crippen MR) is 105 cm³/mol. The van der Waals surface area contributed by atoms with Crippen LogP contribution in [0.3, 0.4) is 0 Å². The van der Waals surface area contributed by atoms with Gasteiger partial charge in [-0.15, -0.1) is 11.3 Å². The number of anilines is 3. The highest BCUT2D eigenvalue weighted by atomic mass is 32.2. The van der Waals surface area contributed by atoms with Crippen molar-refractivity contribution in [1.82, 2.24) is 4.98 Å². The first-order valence-electron chi connectivity index (χ1n) is 8.11. The topological polar surface area (TPSA) is 79.4 Å². The number of nitrogens with one attached hydrogen (secondary N) is 1. The summed E-state index contributed by atoms with van der Waals surface area (Å²) in [5.74, 6) is -0.635. The van der Waals surface area contributed by atoms with E-state index < -0.39 is 28.5 Å². The molecule has 3 rings (SSSR count). The maximum absolute atomic E-state index is 13.0. The second kappa shape index (κ2) is 8.21. The Labute approximate surface area is 169 Å². The van der Waals surface area contributed by atoms with Gasteiger partial charge >= 0.3 is 6.18 Å². The van der Waals surface area contributed by atoms with Gasteiger partial charge in [0.1, 0.15) is 0 Å². The number of nitrogens with zero attached hydrogens (tertiary/aromatic N) is 2. The largest absolute Gasteiger partial charge is 0.416 e. The molecule has 0 radical (unpaired) electrons. The molecule has 2 aromatic carbocycles. The van der Waals surface area contributed by atoms with E-state index >= 15 is 0 Å². The van der Waals surface area contributed by atoms with Crippen LogP contribution in [0.5, 0.6) is 0 Å².